The summed E-state index contributed by atoms with van der Waals surface area (Å²) >= 11 is 1.70. The highest BCUT2D eigenvalue weighted by Crippen LogP contribution is 2.45. The van der Waals surface area contributed by atoms with Crippen molar-refractivity contribution in [2.24, 2.45) is 0 Å². The summed E-state index contributed by atoms with van der Waals surface area (Å²) in [7, 11) is 0. The fourth-order valence-corrected chi connectivity index (χ4v) is 7.89. The van der Waals surface area contributed by atoms with Crippen molar-refractivity contribution in [1.29, 1.82) is 5.26 Å². The largest absolute Gasteiger partial charge is 0.294 e. The molecule has 0 radical (unpaired) electrons. The summed E-state index contributed by atoms with van der Waals surface area (Å²) in [5, 5.41) is 16.3. The molecule has 0 saturated heterocycles. The Labute approximate surface area is 249 Å². The van der Waals surface area contributed by atoms with E-state index in [4.69, 9.17) is 11.6 Å². The molecule has 0 aliphatic carbocycles. The van der Waals surface area contributed by atoms with Crippen LogP contribution in [0.3, 0.4) is 0 Å². The molecule has 0 fully saturated rings. The first-order valence-electron chi connectivity index (χ1n) is 13.9. The number of pyridine rings is 1. The summed E-state index contributed by atoms with van der Waals surface area (Å²) in [6.07, 6.45) is 0. The number of nitrogens with zero attached hydrogens (tertiary/aromatic N) is 5. The molecule has 5 aromatic carbocycles. The van der Waals surface area contributed by atoms with Crippen LogP contribution in [-0.2, 0) is 0 Å². The van der Waals surface area contributed by atoms with Crippen molar-refractivity contribution in [2.75, 3.05) is 0 Å². The van der Waals surface area contributed by atoms with Gasteiger partial charge >= 0.3 is 0 Å². The van der Waals surface area contributed by atoms with Gasteiger partial charge in [0.15, 0.2) is 0 Å². The average molecular weight is 566 g/mol. The zero-order valence-corrected chi connectivity index (χ0v) is 23.4. The lowest BCUT2D eigenvalue weighted by Crippen LogP contribution is -2.03. The molecule has 4 heterocycles. The van der Waals surface area contributed by atoms with Crippen LogP contribution in [0.5, 0.6) is 0 Å². The lowest BCUT2D eigenvalue weighted by molar-refractivity contribution is 1.01. The molecule has 0 atom stereocenters. The molecule has 0 aliphatic rings. The van der Waals surface area contributed by atoms with Gasteiger partial charge in [-0.05, 0) is 59.3 Å². The first-order valence-corrected chi connectivity index (χ1v) is 14.7. The number of thiophene rings is 1. The average Bonchev–Trinajstić information content (AvgIpc) is 3.72. The quantitative estimate of drug-likeness (QED) is 0.196. The van der Waals surface area contributed by atoms with Gasteiger partial charge in [-0.2, -0.15) is 5.26 Å². The van der Waals surface area contributed by atoms with Crippen molar-refractivity contribution in [3.63, 3.8) is 0 Å². The Morgan fingerprint density at radius 3 is 2.02 bits per heavy atom. The zero-order chi connectivity index (χ0) is 28.7. The second-order valence-electron chi connectivity index (χ2n) is 10.6. The van der Waals surface area contributed by atoms with Gasteiger partial charge in [0, 0.05) is 30.9 Å². The normalized spacial score (nSPS) is 11.7. The van der Waals surface area contributed by atoms with Crippen LogP contribution in [-0.4, -0.2) is 14.1 Å². The van der Waals surface area contributed by atoms with Crippen LogP contribution in [0.15, 0.2) is 115 Å². The number of hydrogen-bond donors (Lipinski definition) is 0. The highest BCUT2D eigenvalue weighted by atomic mass is 32.1. The molecule has 0 bridgehead atoms. The Hall–Kier alpha value is -5.95. The van der Waals surface area contributed by atoms with Crippen molar-refractivity contribution < 1.29 is 0 Å². The van der Waals surface area contributed by atoms with E-state index in [0.29, 0.717) is 11.3 Å². The first kappa shape index (κ1) is 23.7. The highest BCUT2D eigenvalue weighted by Gasteiger charge is 2.20. The third-order valence-electron chi connectivity index (χ3n) is 8.38. The van der Waals surface area contributed by atoms with Crippen molar-refractivity contribution >= 4 is 80.8 Å². The maximum atomic E-state index is 9.56. The molecule has 0 aliphatic heterocycles. The molecule has 43 heavy (non-hydrogen) atoms. The van der Waals surface area contributed by atoms with Gasteiger partial charge in [-0.1, -0.05) is 66.7 Å². The van der Waals surface area contributed by atoms with E-state index in [2.05, 4.69) is 86.8 Å². The van der Waals surface area contributed by atoms with Crippen LogP contribution in [0.2, 0.25) is 0 Å². The number of aromatic nitrogens is 3. The van der Waals surface area contributed by atoms with Crippen molar-refractivity contribution in [2.45, 2.75) is 0 Å². The molecule has 0 amide bonds. The van der Waals surface area contributed by atoms with E-state index < -0.39 is 0 Å². The Bertz CT molecular complexity index is 2710. The van der Waals surface area contributed by atoms with Crippen LogP contribution in [0, 0.1) is 17.9 Å². The molecule has 9 rings (SSSR count). The van der Waals surface area contributed by atoms with E-state index >= 15 is 0 Å². The molecule has 5 nitrogen and oxygen atoms in total. The van der Waals surface area contributed by atoms with Gasteiger partial charge in [0.25, 0.3) is 0 Å². The number of benzene rings is 5. The molecule has 0 unspecified atom stereocenters. The summed E-state index contributed by atoms with van der Waals surface area (Å²) < 4.78 is 6.64. The van der Waals surface area contributed by atoms with E-state index in [1.165, 1.54) is 15.5 Å². The molecule has 4 aromatic heterocycles. The monoisotopic (exact) mass is 565 g/mol. The van der Waals surface area contributed by atoms with E-state index in [9.17, 15) is 5.26 Å². The van der Waals surface area contributed by atoms with Gasteiger partial charge < -0.3 is 0 Å². The van der Waals surface area contributed by atoms with Crippen LogP contribution >= 0.6 is 11.3 Å². The molecular formula is C37H19N5S. The zero-order valence-electron chi connectivity index (χ0n) is 22.6. The van der Waals surface area contributed by atoms with E-state index in [-0.39, 0.29) is 0 Å². The van der Waals surface area contributed by atoms with Gasteiger partial charge in [0.1, 0.15) is 11.6 Å². The smallest absolute Gasteiger partial charge is 0.204 e. The number of rotatable bonds is 2. The minimum atomic E-state index is 0.637. The van der Waals surface area contributed by atoms with Gasteiger partial charge in [-0.3, -0.25) is 9.13 Å². The van der Waals surface area contributed by atoms with Gasteiger partial charge in [-0.25, -0.2) is 9.83 Å². The van der Waals surface area contributed by atoms with Crippen LogP contribution in [0.1, 0.15) is 5.56 Å². The Morgan fingerprint density at radius 2 is 1.23 bits per heavy atom. The molecule has 0 N–H and O–H groups in total. The highest BCUT2D eigenvalue weighted by molar-refractivity contribution is 7.27. The van der Waals surface area contributed by atoms with Crippen molar-refractivity contribution in [3.05, 3.63) is 132 Å². The van der Waals surface area contributed by atoms with Crippen LogP contribution < -0.4 is 0 Å². The lowest BCUT2D eigenvalue weighted by atomic mass is 10.1. The van der Waals surface area contributed by atoms with Crippen molar-refractivity contribution in [3.8, 4) is 17.7 Å². The molecule has 0 saturated carbocycles. The van der Waals surface area contributed by atoms with Crippen LogP contribution in [0.4, 0.5) is 5.69 Å². The fraction of sp³-hybridized carbons (Fsp3) is 0. The Morgan fingerprint density at radius 1 is 0.605 bits per heavy atom. The number of nitriles is 1. The second-order valence-corrected chi connectivity index (χ2v) is 11.6. The van der Waals surface area contributed by atoms with E-state index in [1.807, 2.05) is 48.5 Å². The maximum Gasteiger partial charge on any atom is 0.204 e. The third kappa shape index (κ3) is 3.21. The topological polar surface area (TPSA) is 50.9 Å². The molecule has 0 spiro atoms. The SMILES string of the molecule is [C-]#[N+]c1cccc2c1sc1c2ccc2c1c1ccccc1n2-c1cccc(-n2c3ccccc3c3cc(C#N)ccc32)n1. The maximum absolute atomic E-state index is 9.56. The third-order valence-corrected chi connectivity index (χ3v) is 9.64. The predicted molar refractivity (Wildman–Crippen MR) is 177 cm³/mol. The summed E-state index contributed by atoms with van der Waals surface area (Å²) in [5.74, 6) is 1.63. The standard InChI is InChI=1S/C37H19N5S/c1-39-28-11-6-10-24-25-17-19-32-35(37(25)43-36(24)28)26-9-3-5-13-30(26)42(32)34-15-7-14-33(40-34)41-29-12-4-2-8-23(29)27-20-22(21-38)16-18-31(27)41/h2-20H. The van der Waals surface area contributed by atoms with Crippen LogP contribution in [0.25, 0.3) is 80.3 Å². The number of hydrogen-bond acceptors (Lipinski definition) is 3. The number of para-hydroxylation sites is 2. The second kappa shape index (κ2) is 8.77. The summed E-state index contributed by atoms with van der Waals surface area (Å²) in [6, 6.07) is 41.4. The number of fused-ring (bicyclic) bond motifs is 10. The van der Waals surface area contributed by atoms with Gasteiger partial charge in [0.2, 0.25) is 5.69 Å². The van der Waals surface area contributed by atoms with E-state index in [0.717, 1.165) is 59.9 Å². The fourth-order valence-electron chi connectivity index (χ4n) is 6.58. The van der Waals surface area contributed by atoms with E-state index in [1.54, 1.807) is 11.3 Å². The lowest BCUT2D eigenvalue weighted by Gasteiger charge is -2.11. The molecule has 6 heteroatoms. The summed E-state index contributed by atoms with van der Waals surface area (Å²) in [5.41, 5.74) is 5.54. The van der Waals surface area contributed by atoms with Crippen molar-refractivity contribution in [1.82, 2.24) is 14.1 Å². The first-order chi connectivity index (χ1) is 21.2. The summed E-state index contributed by atoms with van der Waals surface area (Å²) in [6.45, 7) is 7.71. The molecule has 9 aromatic rings. The molecular weight excluding hydrogens is 547 g/mol. The minimum Gasteiger partial charge on any atom is -0.294 e. The van der Waals surface area contributed by atoms with Gasteiger partial charge in [0.05, 0.1) is 40.3 Å². The minimum absolute atomic E-state index is 0.637. The predicted octanol–water partition coefficient (Wildman–Crippen LogP) is 10.1. The Balaban J connectivity index is 1.35. The summed E-state index contributed by atoms with van der Waals surface area (Å²) in [4.78, 5) is 9.08. The Kier molecular flexibility index (Phi) is 4.84. The molecule has 198 valence electrons. The van der Waals surface area contributed by atoms with Gasteiger partial charge in [-0.15, -0.1) is 11.3 Å².